The van der Waals surface area contributed by atoms with Crippen LogP contribution in [0.2, 0.25) is 0 Å². The summed E-state index contributed by atoms with van der Waals surface area (Å²) in [6, 6.07) is 0. The van der Waals surface area contributed by atoms with E-state index in [-0.39, 0.29) is 5.54 Å². The van der Waals surface area contributed by atoms with Crippen LogP contribution >= 0.6 is 0 Å². The van der Waals surface area contributed by atoms with Gasteiger partial charge in [0.2, 0.25) is 0 Å². The lowest BCUT2D eigenvalue weighted by molar-refractivity contribution is -0.00737. The molecule has 4 nitrogen and oxygen atoms in total. The zero-order chi connectivity index (χ0) is 15.3. The molecule has 0 amide bonds. The van der Waals surface area contributed by atoms with Crippen LogP contribution in [0.3, 0.4) is 0 Å². The third-order valence-corrected chi connectivity index (χ3v) is 5.37. The second kappa shape index (κ2) is 7.91. The first-order valence-electron chi connectivity index (χ1n) is 8.99. The van der Waals surface area contributed by atoms with Gasteiger partial charge in [0.25, 0.3) is 0 Å². The minimum absolute atomic E-state index is 0.284. The van der Waals surface area contributed by atoms with Gasteiger partial charge in [0.15, 0.2) is 0 Å². The van der Waals surface area contributed by atoms with E-state index in [9.17, 15) is 0 Å². The normalized spacial score (nSPS) is 25.6. The van der Waals surface area contributed by atoms with Gasteiger partial charge in [0.05, 0.1) is 0 Å². The molecule has 2 aliphatic heterocycles. The van der Waals surface area contributed by atoms with Crippen LogP contribution in [0.15, 0.2) is 0 Å². The monoisotopic (exact) mass is 296 g/mol. The summed E-state index contributed by atoms with van der Waals surface area (Å²) in [5.41, 5.74) is 6.52. The SMILES string of the molecule is CCCN1CCN(C2(CN)CCN(CC(C)C)CC2)CC1. The molecule has 0 aliphatic carbocycles. The van der Waals surface area contributed by atoms with Gasteiger partial charge in [-0.05, 0) is 44.8 Å². The minimum atomic E-state index is 0.284. The first kappa shape index (κ1) is 17.2. The van der Waals surface area contributed by atoms with Crippen LogP contribution in [0.4, 0.5) is 0 Å². The highest BCUT2D eigenvalue weighted by Crippen LogP contribution is 2.29. The third-order valence-electron chi connectivity index (χ3n) is 5.37. The molecule has 0 spiro atoms. The van der Waals surface area contributed by atoms with Crippen LogP contribution in [0.1, 0.15) is 40.0 Å². The summed E-state index contributed by atoms with van der Waals surface area (Å²) in [6.45, 7) is 17.6. The lowest BCUT2D eigenvalue weighted by atomic mass is 9.84. The van der Waals surface area contributed by atoms with Crippen molar-refractivity contribution in [2.45, 2.75) is 45.6 Å². The lowest BCUT2D eigenvalue weighted by Gasteiger charge is -2.51. The summed E-state index contributed by atoms with van der Waals surface area (Å²) in [5, 5.41) is 0. The number of hydrogen-bond donors (Lipinski definition) is 1. The molecule has 2 fully saturated rings. The van der Waals surface area contributed by atoms with E-state index < -0.39 is 0 Å². The fraction of sp³-hybridized carbons (Fsp3) is 1.00. The number of nitrogens with zero attached hydrogens (tertiary/aromatic N) is 3. The van der Waals surface area contributed by atoms with Crippen LogP contribution in [0.25, 0.3) is 0 Å². The predicted molar refractivity (Wildman–Crippen MR) is 90.6 cm³/mol. The van der Waals surface area contributed by atoms with Gasteiger partial charge in [-0.3, -0.25) is 4.90 Å². The molecular weight excluding hydrogens is 260 g/mol. The van der Waals surface area contributed by atoms with Gasteiger partial charge in [0, 0.05) is 44.8 Å². The van der Waals surface area contributed by atoms with Gasteiger partial charge in [-0.1, -0.05) is 20.8 Å². The van der Waals surface area contributed by atoms with Crippen LogP contribution in [0.5, 0.6) is 0 Å². The average Bonchev–Trinajstić information content (AvgIpc) is 2.49. The number of nitrogens with two attached hydrogens (primary N) is 1. The molecule has 21 heavy (non-hydrogen) atoms. The topological polar surface area (TPSA) is 35.7 Å². The fourth-order valence-electron chi connectivity index (χ4n) is 4.08. The van der Waals surface area contributed by atoms with Crippen molar-refractivity contribution >= 4 is 0 Å². The molecule has 0 atom stereocenters. The summed E-state index contributed by atoms with van der Waals surface area (Å²) < 4.78 is 0. The standard InChI is InChI=1S/C17H36N4/c1-4-7-19-10-12-21(13-11-19)17(15-18)5-8-20(9-6-17)14-16(2)3/h16H,4-15,18H2,1-3H3. The second-order valence-electron chi connectivity index (χ2n) is 7.45. The number of rotatable bonds is 6. The molecule has 0 radical (unpaired) electrons. The van der Waals surface area contributed by atoms with Gasteiger partial charge in [-0.2, -0.15) is 0 Å². The maximum atomic E-state index is 6.24. The van der Waals surface area contributed by atoms with Gasteiger partial charge in [0.1, 0.15) is 0 Å². The molecule has 0 bridgehead atoms. The molecule has 0 unspecified atom stereocenters. The Morgan fingerprint density at radius 1 is 0.952 bits per heavy atom. The smallest absolute Gasteiger partial charge is 0.0357 e. The molecule has 0 aromatic rings. The van der Waals surface area contributed by atoms with Crippen molar-refractivity contribution in [1.29, 1.82) is 0 Å². The quantitative estimate of drug-likeness (QED) is 0.805. The summed E-state index contributed by atoms with van der Waals surface area (Å²) in [5.74, 6) is 0.771. The molecule has 0 saturated carbocycles. The van der Waals surface area contributed by atoms with E-state index in [1.807, 2.05) is 0 Å². The highest BCUT2D eigenvalue weighted by Gasteiger charge is 2.39. The summed E-state index contributed by atoms with van der Waals surface area (Å²) >= 11 is 0. The highest BCUT2D eigenvalue weighted by molar-refractivity contribution is 4.98. The lowest BCUT2D eigenvalue weighted by Crippen LogP contribution is -2.63. The number of piperidine rings is 1. The molecule has 2 saturated heterocycles. The Labute approximate surface area is 131 Å². The van der Waals surface area contributed by atoms with E-state index >= 15 is 0 Å². The molecule has 0 aromatic carbocycles. The van der Waals surface area contributed by atoms with E-state index in [0.29, 0.717) is 0 Å². The van der Waals surface area contributed by atoms with E-state index in [1.165, 1.54) is 71.6 Å². The van der Waals surface area contributed by atoms with Gasteiger partial charge < -0.3 is 15.5 Å². The minimum Gasteiger partial charge on any atom is -0.329 e. The zero-order valence-corrected chi connectivity index (χ0v) is 14.5. The molecule has 124 valence electrons. The van der Waals surface area contributed by atoms with E-state index in [0.717, 1.165) is 12.5 Å². The second-order valence-corrected chi connectivity index (χ2v) is 7.45. The Hall–Kier alpha value is -0.160. The first-order chi connectivity index (χ1) is 10.1. The average molecular weight is 297 g/mol. The maximum absolute atomic E-state index is 6.24. The van der Waals surface area contributed by atoms with Crippen molar-refractivity contribution in [3.05, 3.63) is 0 Å². The largest absolute Gasteiger partial charge is 0.329 e. The molecule has 2 N–H and O–H groups in total. The van der Waals surface area contributed by atoms with Crippen molar-refractivity contribution < 1.29 is 0 Å². The Morgan fingerprint density at radius 2 is 1.57 bits per heavy atom. The Balaban J connectivity index is 1.86. The molecule has 2 heterocycles. The Morgan fingerprint density at radius 3 is 2.05 bits per heavy atom. The molecule has 0 aromatic heterocycles. The maximum Gasteiger partial charge on any atom is 0.0357 e. The molecule has 2 rings (SSSR count). The first-order valence-corrected chi connectivity index (χ1v) is 8.99. The highest BCUT2D eigenvalue weighted by atomic mass is 15.3. The van der Waals surface area contributed by atoms with Gasteiger partial charge in [-0.15, -0.1) is 0 Å². The zero-order valence-electron chi connectivity index (χ0n) is 14.5. The predicted octanol–water partition coefficient (Wildman–Crippen LogP) is 1.46. The van der Waals surface area contributed by atoms with Crippen molar-refractivity contribution in [3.8, 4) is 0 Å². The molecule has 4 heteroatoms. The van der Waals surface area contributed by atoms with E-state index in [4.69, 9.17) is 5.73 Å². The van der Waals surface area contributed by atoms with Crippen LogP contribution in [-0.4, -0.2) is 79.1 Å². The number of likely N-dealkylation sites (tertiary alicyclic amines) is 1. The summed E-state index contributed by atoms with van der Waals surface area (Å²) in [7, 11) is 0. The fourth-order valence-corrected chi connectivity index (χ4v) is 4.08. The molecule has 2 aliphatic rings. The number of hydrogen-bond acceptors (Lipinski definition) is 4. The Bertz CT molecular complexity index is 289. The van der Waals surface area contributed by atoms with Gasteiger partial charge >= 0.3 is 0 Å². The summed E-state index contributed by atoms with van der Waals surface area (Å²) in [4.78, 5) is 7.95. The van der Waals surface area contributed by atoms with Crippen molar-refractivity contribution in [2.24, 2.45) is 11.7 Å². The van der Waals surface area contributed by atoms with Gasteiger partial charge in [-0.25, -0.2) is 0 Å². The van der Waals surface area contributed by atoms with Crippen molar-refractivity contribution in [2.75, 3.05) is 58.9 Å². The van der Waals surface area contributed by atoms with Crippen LogP contribution in [0, 0.1) is 5.92 Å². The van der Waals surface area contributed by atoms with E-state index in [2.05, 4.69) is 35.5 Å². The van der Waals surface area contributed by atoms with Crippen LogP contribution in [-0.2, 0) is 0 Å². The third kappa shape index (κ3) is 4.41. The van der Waals surface area contributed by atoms with Crippen molar-refractivity contribution in [1.82, 2.24) is 14.7 Å². The Kier molecular flexibility index (Phi) is 6.48. The summed E-state index contributed by atoms with van der Waals surface area (Å²) in [6.07, 6.45) is 3.78. The van der Waals surface area contributed by atoms with Crippen LogP contribution < -0.4 is 5.73 Å². The van der Waals surface area contributed by atoms with E-state index in [1.54, 1.807) is 0 Å². The van der Waals surface area contributed by atoms with Crippen molar-refractivity contribution in [3.63, 3.8) is 0 Å². The molecular formula is C17H36N4. The number of piperazine rings is 1.